The van der Waals surface area contributed by atoms with E-state index in [9.17, 15) is 57.5 Å². The van der Waals surface area contributed by atoms with Crippen molar-refractivity contribution in [3.8, 4) is 0 Å². The second-order valence-corrected chi connectivity index (χ2v) is 13.7. The van der Waals surface area contributed by atoms with E-state index >= 15 is 35.1 Å². The molecule has 0 fully saturated rings. The lowest BCUT2D eigenvalue weighted by Crippen LogP contribution is -2.81. The third-order valence-corrected chi connectivity index (χ3v) is 10.2. The summed E-state index contributed by atoms with van der Waals surface area (Å²) in [6.07, 6.45) is -7.22. The number of benzene rings is 6. The van der Waals surface area contributed by atoms with Crippen molar-refractivity contribution in [2.75, 3.05) is 0 Å². The molecule has 2 nitrogen and oxygen atoms in total. The molecule has 0 aliphatic rings. The number of halogens is 20. The van der Waals surface area contributed by atoms with Crippen LogP contribution < -0.4 is 26.4 Å². The van der Waals surface area contributed by atoms with Gasteiger partial charge in [0.15, 0.2) is 76.4 Å². The van der Waals surface area contributed by atoms with Crippen LogP contribution >= 0.6 is 0 Å². The standard InChI is InChI=1S/C24BF20.C18H16NO/c26-5-1(6(27)14(35)21(42)13(5)34)25(2-7(28)15(36)22(43)16(37)8(2)29,3-9(30)17(38)23(44)18(39)10(3)31)4-11(32)19(40)24(45)20(41)12(4)33;1-14(20)17-12-11-16-9-5-6-10-18(16)19(17)13-15-7-3-2-4-8-15/h;2-12H,13H2,1H3/q-1;+1. The fourth-order valence-corrected chi connectivity index (χ4v) is 7.38. The SMILES string of the molecule is CC(=O)c1ccc2ccccc2[n+]1Cc1ccccc1.Fc1c(F)c(F)c([B-](c2c(F)c(F)c(F)c(F)c2F)(c2c(F)c(F)c(F)c(F)c2F)c2c(F)c(F)c(F)c(F)c2F)c(F)c1F. The molecule has 0 aliphatic heterocycles. The quantitative estimate of drug-likeness (QED) is 0.0390. The van der Waals surface area contributed by atoms with Gasteiger partial charge in [0.25, 0.3) is 0 Å². The number of pyridine rings is 1. The van der Waals surface area contributed by atoms with Gasteiger partial charge in [0.05, 0.1) is 0 Å². The molecular weight excluding hydrogens is 925 g/mol. The lowest BCUT2D eigenvalue weighted by Gasteiger charge is -2.44. The molecule has 6 aromatic carbocycles. The molecule has 1 heterocycles. The molecule has 0 N–H and O–H groups in total. The molecule has 0 aliphatic carbocycles. The zero-order valence-corrected chi connectivity index (χ0v) is 31.6. The first kappa shape index (κ1) is 47.5. The Bertz CT molecular complexity index is 2730. The number of fused-ring (bicyclic) bond motifs is 1. The van der Waals surface area contributed by atoms with Crippen molar-refractivity contribution >= 4 is 44.7 Å². The molecule has 0 atom stereocenters. The van der Waals surface area contributed by atoms with Crippen LogP contribution in [0.1, 0.15) is 23.0 Å². The molecule has 0 saturated carbocycles. The first-order valence-electron chi connectivity index (χ1n) is 17.7. The van der Waals surface area contributed by atoms with Gasteiger partial charge in [0, 0.05) is 30.0 Å². The van der Waals surface area contributed by atoms with Crippen molar-refractivity contribution in [1.82, 2.24) is 0 Å². The number of aromatic nitrogens is 1. The van der Waals surface area contributed by atoms with E-state index in [1.165, 1.54) is 5.56 Å². The van der Waals surface area contributed by atoms with Crippen LogP contribution in [0.3, 0.4) is 0 Å². The summed E-state index contributed by atoms with van der Waals surface area (Å²) in [4.78, 5) is 11.9. The third-order valence-electron chi connectivity index (χ3n) is 10.2. The number of nitrogens with zero attached hydrogens (tertiary/aromatic N) is 1. The number of rotatable bonds is 7. The number of ketones is 1. The molecule has 0 amide bonds. The Labute approximate surface area is 349 Å². The summed E-state index contributed by atoms with van der Waals surface area (Å²) in [6.45, 7) is 2.32. The Morgan fingerprint density at radius 2 is 0.646 bits per heavy atom. The van der Waals surface area contributed by atoms with Crippen LogP contribution in [0.2, 0.25) is 0 Å². The minimum absolute atomic E-state index is 0.0895. The van der Waals surface area contributed by atoms with Gasteiger partial charge in [0.2, 0.25) is 17.0 Å². The average Bonchev–Trinajstić information content (AvgIpc) is 3.29. The predicted molar refractivity (Wildman–Crippen MR) is 189 cm³/mol. The van der Waals surface area contributed by atoms with Crippen molar-refractivity contribution in [1.29, 1.82) is 0 Å². The molecule has 0 unspecified atom stereocenters. The van der Waals surface area contributed by atoms with Crippen LogP contribution in [0.15, 0.2) is 66.7 Å². The monoisotopic (exact) mass is 941 g/mol. The number of carbonyl (C=O) groups is 1. The minimum atomic E-state index is -7.22. The molecule has 65 heavy (non-hydrogen) atoms. The van der Waals surface area contributed by atoms with E-state index in [2.05, 4.69) is 28.8 Å². The number of hydrogen-bond acceptors (Lipinski definition) is 1. The molecule has 0 saturated heterocycles. The van der Waals surface area contributed by atoms with E-state index in [1.54, 1.807) is 6.92 Å². The normalized spacial score (nSPS) is 11.6. The summed E-state index contributed by atoms with van der Waals surface area (Å²) < 4.78 is 296. The molecule has 1 aromatic heterocycles. The zero-order valence-electron chi connectivity index (χ0n) is 31.6. The maximum Gasteiger partial charge on any atom is 0.249 e. The minimum Gasteiger partial charge on any atom is -0.288 e. The fraction of sp³-hybridized carbons (Fsp3) is 0.0476. The molecule has 0 spiro atoms. The largest absolute Gasteiger partial charge is 0.288 e. The van der Waals surface area contributed by atoms with Crippen LogP contribution in [0, 0.1) is 116 Å². The van der Waals surface area contributed by atoms with Gasteiger partial charge in [-0.25, -0.2) is 87.8 Å². The summed E-state index contributed by atoms with van der Waals surface area (Å²) in [5, 5.41) is 1.15. The summed E-state index contributed by atoms with van der Waals surface area (Å²) in [6, 6.07) is 22.3. The van der Waals surface area contributed by atoms with Gasteiger partial charge in [-0.2, -0.15) is 4.57 Å². The number of para-hydroxylation sites is 1. The second kappa shape index (κ2) is 17.6. The zero-order chi connectivity index (χ0) is 48.3. The van der Waals surface area contributed by atoms with Crippen molar-refractivity contribution in [2.24, 2.45) is 0 Å². The molecule has 0 radical (unpaired) electrons. The fourth-order valence-electron chi connectivity index (χ4n) is 7.38. The van der Waals surface area contributed by atoms with E-state index in [4.69, 9.17) is 0 Å². The average molecular weight is 941 g/mol. The van der Waals surface area contributed by atoms with Crippen molar-refractivity contribution in [3.05, 3.63) is 194 Å². The molecule has 338 valence electrons. The Hall–Kier alpha value is -6.94. The Morgan fingerprint density at radius 1 is 0.369 bits per heavy atom. The van der Waals surface area contributed by atoms with Gasteiger partial charge in [-0.15, -0.1) is 21.9 Å². The maximum atomic E-state index is 15.4. The van der Waals surface area contributed by atoms with E-state index < -0.39 is 144 Å². The Balaban J connectivity index is 0.000000289. The molecule has 23 heteroatoms. The highest BCUT2D eigenvalue weighted by atomic mass is 19.2. The van der Waals surface area contributed by atoms with Crippen LogP contribution in [0.25, 0.3) is 10.9 Å². The summed E-state index contributed by atoms with van der Waals surface area (Å²) in [5.74, 6) is -71.3. The topological polar surface area (TPSA) is 20.9 Å². The van der Waals surface area contributed by atoms with Gasteiger partial charge in [-0.3, -0.25) is 4.79 Å². The van der Waals surface area contributed by atoms with Crippen molar-refractivity contribution in [3.63, 3.8) is 0 Å². The van der Waals surface area contributed by atoms with Crippen LogP contribution in [-0.4, -0.2) is 11.9 Å². The van der Waals surface area contributed by atoms with Crippen molar-refractivity contribution < 1.29 is 97.2 Å². The second-order valence-electron chi connectivity index (χ2n) is 13.7. The number of carbonyl (C=O) groups excluding carboxylic acids is 1. The van der Waals surface area contributed by atoms with E-state index in [0.717, 1.165) is 16.6 Å². The Morgan fingerprint density at radius 3 is 0.954 bits per heavy atom. The van der Waals surface area contributed by atoms with Crippen LogP contribution in [0.5, 0.6) is 0 Å². The first-order valence-corrected chi connectivity index (χ1v) is 17.7. The predicted octanol–water partition coefficient (Wildman–Crippen LogP) is 9.22. The van der Waals surface area contributed by atoms with E-state index in [-0.39, 0.29) is 5.78 Å². The van der Waals surface area contributed by atoms with Gasteiger partial charge in [0.1, 0.15) is 52.7 Å². The Kier molecular flexibility index (Phi) is 12.8. The highest BCUT2D eigenvalue weighted by Gasteiger charge is 2.52. The molecule has 0 bridgehead atoms. The molecule has 7 aromatic rings. The maximum absolute atomic E-state index is 15.4. The molecular formula is C42H16BF20NO. The first-order chi connectivity index (χ1) is 30.5. The van der Waals surface area contributed by atoms with E-state index in [1.807, 2.05) is 42.5 Å². The van der Waals surface area contributed by atoms with E-state index in [0.29, 0.717) is 6.54 Å². The smallest absolute Gasteiger partial charge is 0.249 e. The van der Waals surface area contributed by atoms with Gasteiger partial charge in [-0.1, -0.05) is 42.5 Å². The number of hydrogen-bond donors (Lipinski definition) is 0. The van der Waals surface area contributed by atoms with Gasteiger partial charge < -0.3 is 0 Å². The van der Waals surface area contributed by atoms with Crippen LogP contribution in [0.4, 0.5) is 87.8 Å². The summed E-state index contributed by atoms with van der Waals surface area (Å²) >= 11 is 0. The lowest BCUT2D eigenvalue weighted by molar-refractivity contribution is -0.664. The van der Waals surface area contributed by atoms with Crippen LogP contribution in [-0.2, 0) is 6.54 Å². The van der Waals surface area contributed by atoms with Gasteiger partial charge in [-0.05, 0) is 12.1 Å². The third kappa shape index (κ3) is 7.39. The van der Waals surface area contributed by atoms with Crippen molar-refractivity contribution in [2.45, 2.75) is 13.5 Å². The van der Waals surface area contributed by atoms with Gasteiger partial charge >= 0.3 is 0 Å². The lowest BCUT2D eigenvalue weighted by atomic mass is 9.12. The summed E-state index contributed by atoms with van der Waals surface area (Å²) in [7, 11) is 0. The number of Topliss-reactive ketones (excluding diaryl/α,β-unsaturated/α-hetero) is 1. The highest BCUT2D eigenvalue weighted by Crippen LogP contribution is 2.31. The summed E-state index contributed by atoms with van der Waals surface area (Å²) in [5.41, 5.74) is -11.3. The highest BCUT2D eigenvalue weighted by molar-refractivity contribution is 7.20. The molecule has 7 rings (SSSR count).